The second kappa shape index (κ2) is 14.3. The van der Waals surface area contributed by atoms with Crippen molar-refractivity contribution in [2.75, 3.05) is 9.80 Å². The SMILES string of the molecule is CC(=O)N1c2ccc(B3OC(C)(C)C(C)(C)O3)cc2[C@H](C(NC(=O)O)(C(C)C)C(C)OC(=O)N[C@@H]2C[C@H](C)N(C(C)=O)c3ccc(Br)cc32)C[C@@H]1C. The molecular formula is C38H52BBrN4O8. The molecule has 3 aliphatic heterocycles. The van der Waals surface area contributed by atoms with Gasteiger partial charge in [0.1, 0.15) is 6.10 Å². The van der Waals surface area contributed by atoms with Gasteiger partial charge in [-0.15, -0.1) is 0 Å². The molecule has 3 heterocycles. The van der Waals surface area contributed by atoms with Crippen LogP contribution >= 0.6 is 15.9 Å². The number of carboxylic acid groups (broad SMARTS) is 1. The third-order valence-electron chi connectivity index (χ3n) is 11.7. The summed E-state index contributed by atoms with van der Waals surface area (Å²) in [6.45, 7) is 20.3. The van der Waals surface area contributed by atoms with Crippen LogP contribution in [0.3, 0.4) is 0 Å². The van der Waals surface area contributed by atoms with Crippen molar-refractivity contribution >= 4 is 63.9 Å². The molecule has 0 spiro atoms. The molecule has 282 valence electrons. The molecule has 1 fully saturated rings. The van der Waals surface area contributed by atoms with E-state index in [0.29, 0.717) is 24.2 Å². The average Bonchev–Trinajstić information content (AvgIpc) is 3.24. The molecule has 5 rings (SSSR count). The van der Waals surface area contributed by atoms with Crippen molar-refractivity contribution in [2.45, 2.75) is 136 Å². The highest BCUT2D eigenvalue weighted by Crippen LogP contribution is 2.49. The molecule has 6 atom stereocenters. The van der Waals surface area contributed by atoms with Crippen molar-refractivity contribution in [1.82, 2.24) is 10.6 Å². The summed E-state index contributed by atoms with van der Waals surface area (Å²) in [5.74, 6) is -1.15. The van der Waals surface area contributed by atoms with Gasteiger partial charge in [0.2, 0.25) is 11.8 Å². The Morgan fingerprint density at radius 2 is 1.44 bits per heavy atom. The second-order valence-electron chi connectivity index (χ2n) is 15.9. The molecule has 4 amide bonds. The Hall–Kier alpha value is -3.62. The largest absolute Gasteiger partial charge is 0.494 e. The van der Waals surface area contributed by atoms with Gasteiger partial charge in [0.05, 0.1) is 22.8 Å². The number of anilines is 2. The van der Waals surface area contributed by atoms with E-state index in [4.69, 9.17) is 14.0 Å². The molecule has 52 heavy (non-hydrogen) atoms. The maximum atomic E-state index is 13.9. The van der Waals surface area contributed by atoms with Gasteiger partial charge in [0, 0.05) is 47.7 Å². The highest BCUT2D eigenvalue weighted by molar-refractivity contribution is 9.10. The second-order valence-corrected chi connectivity index (χ2v) is 16.8. The molecule has 0 aromatic heterocycles. The molecule has 12 nitrogen and oxygen atoms in total. The van der Waals surface area contributed by atoms with Crippen molar-refractivity contribution in [3.05, 3.63) is 52.0 Å². The third kappa shape index (κ3) is 7.05. The van der Waals surface area contributed by atoms with Crippen LogP contribution in [0.25, 0.3) is 0 Å². The normalized spacial score (nSPS) is 25.1. The molecule has 0 saturated carbocycles. The minimum absolute atomic E-state index is 0.0980. The highest BCUT2D eigenvalue weighted by Gasteiger charge is 2.55. The van der Waals surface area contributed by atoms with E-state index in [0.717, 1.165) is 21.1 Å². The van der Waals surface area contributed by atoms with Crippen LogP contribution in [0.1, 0.15) is 112 Å². The molecule has 3 aliphatic rings. The maximum Gasteiger partial charge on any atom is 0.494 e. The van der Waals surface area contributed by atoms with Gasteiger partial charge in [-0.1, -0.05) is 41.9 Å². The Labute approximate surface area is 315 Å². The van der Waals surface area contributed by atoms with Crippen LogP contribution in [-0.4, -0.2) is 71.2 Å². The van der Waals surface area contributed by atoms with Crippen molar-refractivity contribution in [2.24, 2.45) is 5.92 Å². The monoisotopic (exact) mass is 782 g/mol. The first-order chi connectivity index (χ1) is 24.1. The van der Waals surface area contributed by atoms with Crippen LogP contribution in [0.5, 0.6) is 0 Å². The van der Waals surface area contributed by atoms with Crippen LogP contribution in [-0.2, 0) is 23.6 Å². The number of ether oxygens (including phenoxy) is 1. The van der Waals surface area contributed by atoms with Gasteiger partial charge in [-0.2, -0.15) is 0 Å². The number of hydrogen-bond donors (Lipinski definition) is 3. The van der Waals surface area contributed by atoms with Gasteiger partial charge in [0.25, 0.3) is 0 Å². The smallest absolute Gasteiger partial charge is 0.465 e. The fourth-order valence-corrected chi connectivity index (χ4v) is 8.88. The lowest BCUT2D eigenvalue weighted by Gasteiger charge is -2.52. The summed E-state index contributed by atoms with van der Waals surface area (Å²) in [7, 11) is -0.693. The Kier molecular flexibility index (Phi) is 10.9. The number of rotatable bonds is 7. The number of benzene rings is 2. The Morgan fingerprint density at radius 1 is 0.904 bits per heavy atom. The molecule has 0 bridgehead atoms. The van der Waals surface area contributed by atoms with Crippen LogP contribution in [0.4, 0.5) is 21.0 Å². The zero-order chi connectivity index (χ0) is 38.7. The van der Waals surface area contributed by atoms with Crippen LogP contribution in [0.2, 0.25) is 0 Å². The number of halogens is 1. The summed E-state index contributed by atoms with van der Waals surface area (Å²) in [4.78, 5) is 55.7. The number of amides is 4. The first kappa shape index (κ1) is 39.6. The van der Waals surface area contributed by atoms with E-state index in [1.54, 1.807) is 16.7 Å². The van der Waals surface area contributed by atoms with Gasteiger partial charge >= 0.3 is 19.3 Å². The molecule has 0 aliphatic carbocycles. The number of nitrogens with one attached hydrogen (secondary N) is 2. The standard InChI is InChI=1S/C38H52BBrN4O8/c1-20(2)38(42-34(47)48,23(5)50-35(49)41-31-17-22(4)44(25(7)46)33-15-13-27(40)19-29(31)33)30-16-21(3)43(24(6)45)32-14-12-26(18-28(30)32)39-51-36(8,9)37(10,11)52-39/h12-15,18-23,30-31,42H,16-17H2,1-11H3,(H,41,49)(H,47,48)/t21-,22-,23?,30+,31+,38?/m0/s1. The molecule has 2 aromatic rings. The van der Waals surface area contributed by atoms with Crippen LogP contribution in [0.15, 0.2) is 40.9 Å². The summed E-state index contributed by atoms with van der Waals surface area (Å²) in [6, 6.07) is 10.3. The molecular weight excluding hydrogens is 731 g/mol. The summed E-state index contributed by atoms with van der Waals surface area (Å²) in [6.07, 6.45) is -2.13. The molecule has 3 N–H and O–H groups in total. The van der Waals surface area contributed by atoms with Gasteiger partial charge in [-0.3, -0.25) is 9.59 Å². The predicted octanol–water partition coefficient (Wildman–Crippen LogP) is 6.64. The van der Waals surface area contributed by atoms with E-state index in [2.05, 4.69) is 26.6 Å². The third-order valence-corrected chi connectivity index (χ3v) is 12.1. The first-order valence-corrected chi connectivity index (χ1v) is 18.8. The number of nitrogens with zero attached hydrogens (tertiary/aromatic N) is 2. The topological polar surface area (TPSA) is 147 Å². The lowest BCUT2D eigenvalue weighted by molar-refractivity contribution is -0.118. The number of alkyl carbamates (subject to hydrolysis) is 1. The van der Waals surface area contributed by atoms with Crippen molar-refractivity contribution in [3.63, 3.8) is 0 Å². The van der Waals surface area contributed by atoms with Crippen molar-refractivity contribution in [1.29, 1.82) is 0 Å². The van der Waals surface area contributed by atoms with Gasteiger partial charge in [0.15, 0.2) is 0 Å². The van der Waals surface area contributed by atoms with Crippen LogP contribution < -0.4 is 25.9 Å². The zero-order valence-corrected chi connectivity index (χ0v) is 33.6. The molecule has 0 radical (unpaired) electrons. The van der Waals surface area contributed by atoms with Crippen molar-refractivity contribution < 1.29 is 38.3 Å². The van der Waals surface area contributed by atoms with Crippen LogP contribution in [0, 0.1) is 5.92 Å². The number of hydrogen-bond acceptors (Lipinski definition) is 7. The van der Waals surface area contributed by atoms with E-state index in [-0.39, 0.29) is 29.8 Å². The van der Waals surface area contributed by atoms with E-state index in [1.807, 2.05) is 91.8 Å². The average molecular weight is 784 g/mol. The van der Waals surface area contributed by atoms with Gasteiger partial charge in [-0.25, -0.2) is 9.59 Å². The predicted molar refractivity (Wildman–Crippen MR) is 204 cm³/mol. The number of carbonyl (C=O) groups excluding carboxylic acids is 3. The van der Waals surface area contributed by atoms with E-state index < -0.39 is 54.1 Å². The summed E-state index contributed by atoms with van der Waals surface area (Å²) >= 11 is 3.52. The minimum Gasteiger partial charge on any atom is -0.465 e. The van der Waals surface area contributed by atoms with E-state index >= 15 is 0 Å². The fraction of sp³-hybridized carbons (Fsp3) is 0.579. The Morgan fingerprint density at radius 3 is 1.98 bits per heavy atom. The summed E-state index contributed by atoms with van der Waals surface area (Å²) in [5, 5.41) is 16.3. The highest BCUT2D eigenvalue weighted by atomic mass is 79.9. The summed E-state index contributed by atoms with van der Waals surface area (Å²) in [5.41, 5.74) is 1.06. The molecule has 14 heteroatoms. The Balaban J connectivity index is 1.54. The number of fused-ring (bicyclic) bond motifs is 2. The van der Waals surface area contributed by atoms with E-state index in [9.17, 15) is 24.3 Å². The summed E-state index contributed by atoms with van der Waals surface area (Å²) < 4.78 is 19.8. The fourth-order valence-electron chi connectivity index (χ4n) is 8.50. The quantitative estimate of drug-likeness (QED) is 0.265. The zero-order valence-electron chi connectivity index (χ0n) is 32.0. The first-order valence-electron chi connectivity index (χ1n) is 18.0. The van der Waals surface area contributed by atoms with Gasteiger partial charge in [-0.05, 0) is 108 Å². The number of carbonyl (C=O) groups is 4. The Bertz CT molecular complexity index is 1740. The molecule has 1 saturated heterocycles. The lowest BCUT2D eigenvalue weighted by Crippen LogP contribution is -2.65. The molecule has 2 unspecified atom stereocenters. The van der Waals surface area contributed by atoms with Gasteiger partial charge < -0.3 is 39.6 Å². The van der Waals surface area contributed by atoms with E-state index in [1.165, 1.54) is 13.8 Å². The minimum atomic E-state index is -1.34. The molecule has 2 aromatic carbocycles. The van der Waals surface area contributed by atoms with Crippen molar-refractivity contribution in [3.8, 4) is 0 Å². The maximum absolute atomic E-state index is 13.9. The lowest BCUT2D eigenvalue weighted by atomic mass is 9.64.